The van der Waals surface area contributed by atoms with Gasteiger partial charge in [0.25, 0.3) is 0 Å². The van der Waals surface area contributed by atoms with Crippen molar-refractivity contribution in [3.63, 3.8) is 0 Å². The molecule has 0 aliphatic heterocycles. The SMILES string of the molecule is FNF.O=P(O)(O)O. The van der Waals surface area contributed by atoms with E-state index in [0.29, 0.717) is 0 Å². The second-order valence-corrected chi connectivity index (χ2v) is 1.61. The minimum atomic E-state index is -4.64. The minimum Gasteiger partial charge on any atom is -0.303 e. The van der Waals surface area contributed by atoms with E-state index in [0.717, 1.165) is 0 Å². The molecule has 8 heavy (non-hydrogen) atoms. The van der Waals surface area contributed by atoms with Crippen LogP contribution in [0.2, 0.25) is 0 Å². The number of hydrogen-bond donors (Lipinski definition) is 4. The minimum absolute atomic E-state index is 0.250. The Hall–Kier alpha value is -0.0700. The Kier molecular flexibility index (Phi) is 6.87. The normalized spacial score (nSPS) is 9.62. The second-order valence-electron chi connectivity index (χ2n) is 0.585. The van der Waals surface area contributed by atoms with Gasteiger partial charge in [-0.1, -0.05) is 0 Å². The van der Waals surface area contributed by atoms with Gasteiger partial charge < -0.3 is 14.7 Å². The summed E-state index contributed by atoms with van der Waals surface area (Å²) in [6.07, 6.45) is 0. The highest BCUT2D eigenvalue weighted by molar-refractivity contribution is 7.45. The second kappa shape index (κ2) is 5.07. The number of halogens is 2. The summed E-state index contributed by atoms with van der Waals surface area (Å²) in [6.45, 7) is 0. The van der Waals surface area contributed by atoms with Gasteiger partial charge in [-0.15, -0.1) is 8.96 Å². The maximum Gasteiger partial charge on any atom is 0.466 e. The number of hydrogen-bond acceptors (Lipinski definition) is 2. The molecule has 0 aromatic rings. The third kappa shape index (κ3) is 29400. The summed E-state index contributed by atoms with van der Waals surface area (Å²) in [5.74, 6) is -0.250. The highest BCUT2D eigenvalue weighted by Gasteiger charge is 2.00. The topological polar surface area (TPSA) is 89.8 Å². The summed E-state index contributed by atoms with van der Waals surface area (Å²) in [7, 11) is -4.64. The molecule has 52 valence electrons. The zero-order valence-electron chi connectivity index (χ0n) is 3.45. The molecule has 0 aromatic carbocycles. The third-order valence-corrected chi connectivity index (χ3v) is 0. The molecule has 0 unspecified atom stereocenters. The van der Waals surface area contributed by atoms with E-state index in [9.17, 15) is 8.96 Å². The van der Waals surface area contributed by atoms with Gasteiger partial charge in [-0.2, -0.15) is 0 Å². The van der Waals surface area contributed by atoms with Crippen molar-refractivity contribution in [1.82, 2.24) is 5.76 Å². The lowest BCUT2D eigenvalue weighted by atomic mass is 13.6. The predicted molar refractivity (Wildman–Crippen MR) is 19.6 cm³/mol. The first-order valence-corrected chi connectivity index (χ1v) is 2.73. The molecule has 0 heterocycles. The Balaban J connectivity index is 0. The number of phosphoric acid groups is 1. The molecule has 0 fully saturated rings. The van der Waals surface area contributed by atoms with Gasteiger partial charge in [-0.05, 0) is 0 Å². The van der Waals surface area contributed by atoms with Crippen molar-refractivity contribution in [2.45, 2.75) is 0 Å². The summed E-state index contributed by atoms with van der Waals surface area (Å²) in [4.78, 5) is 21.6. The lowest BCUT2D eigenvalue weighted by Crippen LogP contribution is -1.67. The van der Waals surface area contributed by atoms with Crippen molar-refractivity contribution in [3.05, 3.63) is 0 Å². The van der Waals surface area contributed by atoms with Gasteiger partial charge in [0.05, 0.1) is 0 Å². The van der Waals surface area contributed by atoms with Crippen molar-refractivity contribution in [1.29, 1.82) is 0 Å². The van der Waals surface area contributed by atoms with E-state index in [2.05, 4.69) is 0 Å². The van der Waals surface area contributed by atoms with Crippen molar-refractivity contribution >= 4 is 7.82 Å². The Morgan fingerprint density at radius 1 is 1.25 bits per heavy atom. The highest BCUT2D eigenvalue weighted by Crippen LogP contribution is 2.25. The van der Waals surface area contributed by atoms with Crippen molar-refractivity contribution < 1.29 is 28.2 Å². The third-order valence-electron chi connectivity index (χ3n) is 0. The summed E-state index contributed by atoms with van der Waals surface area (Å²) >= 11 is 0. The zero-order chi connectivity index (χ0) is 7.21. The smallest absolute Gasteiger partial charge is 0.303 e. The predicted octanol–water partition coefficient (Wildman–Crippen LogP) is -0.584. The van der Waals surface area contributed by atoms with E-state index in [1.165, 1.54) is 0 Å². The van der Waals surface area contributed by atoms with Crippen molar-refractivity contribution in [2.24, 2.45) is 0 Å². The van der Waals surface area contributed by atoms with E-state index in [-0.39, 0.29) is 5.76 Å². The van der Waals surface area contributed by atoms with Crippen LogP contribution in [0.1, 0.15) is 0 Å². The lowest BCUT2D eigenvalue weighted by molar-refractivity contribution is 0.130. The first-order valence-electron chi connectivity index (χ1n) is 1.16. The monoisotopic (exact) mass is 151 g/mol. The van der Waals surface area contributed by atoms with Gasteiger partial charge in [0.15, 0.2) is 0 Å². The van der Waals surface area contributed by atoms with Crippen LogP contribution in [0.4, 0.5) is 8.96 Å². The molecule has 0 amide bonds. The quantitative estimate of drug-likeness (QED) is 0.274. The molecule has 0 bridgehead atoms. The van der Waals surface area contributed by atoms with E-state index in [1.54, 1.807) is 0 Å². The van der Waals surface area contributed by atoms with E-state index < -0.39 is 7.82 Å². The van der Waals surface area contributed by atoms with E-state index in [4.69, 9.17) is 19.2 Å². The van der Waals surface area contributed by atoms with Gasteiger partial charge in [0.2, 0.25) is 0 Å². The maximum absolute atomic E-state index is 9.38. The molecular weight excluding hydrogens is 147 g/mol. The summed E-state index contributed by atoms with van der Waals surface area (Å²) < 4.78 is 27.6. The Morgan fingerprint density at radius 2 is 1.25 bits per heavy atom. The van der Waals surface area contributed by atoms with Crippen LogP contribution in [0.15, 0.2) is 0 Å². The molecule has 0 aliphatic carbocycles. The van der Waals surface area contributed by atoms with Crippen LogP contribution in [0.3, 0.4) is 0 Å². The molecule has 0 aliphatic rings. The van der Waals surface area contributed by atoms with Crippen LogP contribution in [0, 0.1) is 0 Å². The summed E-state index contributed by atoms with van der Waals surface area (Å²) in [5, 5.41) is 0. The van der Waals surface area contributed by atoms with E-state index in [1.807, 2.05) is 0 Å². The van der Waals surface area contributed by atoms with Crippen LogP contribution < -0.4 is 5.76 Å². The Labute approximate surface area is 43.1 Å². The summed E-state index contributed by atoms with van der Waals surface area (Å²) in [5.41, 5.74) is 0. The average Bonchev–Trinajstić information content (AvgIpc) is 1.27. The molecule has 0 atom stereocenters. The fraction of sp³-hybridized carbons (Fsp3) is 0. The van der Waals surface area contributed by atoms with E-state index >= 15 is 0 Å². The summed E-state index contributed by atoms with van der Waals surface area (Å²) in [6, 6.07) is 0. The maximum atomic E-state index is 9.38. The van der Waals surface area contributed by atoms with Gasteiger partial charge in [0, 0.05) is 5.76 Å². The molecule has 0 aromatic heterocycles. The fourth-order valence-electron chi connectivity index (χ4n) is 0. The number of nitrogens with one attached hydrogen (secondary N) is 1. The van der Waals surface area contributed by atoms with Crippen LogP contribution in [0.5, 0.6) is 0 Å². The van der Waals surface area contributed by atoms with Crippen molar-refractivity contribution in [2.75, 3.05) is 0 Å². The Morgan fingerprint density at radius 3 is 1.25 bits per heavy atom. The molecule has 0 saturated carbocycles. The molecular formula is H4F2NO4P. The van der Waals surface area contributed by atoms with Gasteiger partial charge in [-0.3, -0.25) is 0 Å². The zero-order valence-corrected chi connectivity index (χ0v) is 4.35. The van der Waals surface area contributed by atoms with Crippen molar-refractivity contribution in [3.8, 4) is 0 Å². The first kappa shape index (κ1) is 10.8. The van der Waals surface area contributed by atoms with Crippen LogP contribution in [0.25, 0.3) is 0 Å². The lowest BCUT2D eigenvalue weighted by Gasteiger charge is -1.82. The Bertz CT molecular complexity index is 69.8. The standard InChI is InChI=1S/F2HN.H3O4P/c1-3-2;1-5(2,3)4/h3H;(H3,1,2,3,4). The molecule has 0 rings (SSSR count). The van der Waals surface area contributed by atoms with Gasteiger partial charge in [0.1, 0.15) is 0 Å². The highest BCUT2D eigenvalue weighted by atomic mass is 31.2. The van der Waals surface area contributed by atoms with Crippen LogP contribution in [-0.4, -0.2) is 14.7 Å². The average molecular weight is 151 g/mol. The molecule has 8 heteroatoms. The molecule has 4 N–H and O–H groups in total. The van der Waals surface area contributed by atoms with Crippen LogP contribution >= 0.6 is 7.82 Å². The van der Waals surface area contributed by atoms with Crippen LogP contribution in [-0.2, 0) is 4.57 Å². The number of rotatable bonds is 0. The van der Waals surface area contributed by atoms with Gasteiger partial charge in [-0.25, -0.2) is 4.57 Å². The van der Waals surface area contributed by atoms with Gasteiger partial charge >= 0.3 is 7.82 Å². The fourth-order valence-corrected chi connectivity index (χ4v) is 0. The molecule has 5 nitrogen and oxygen atoms in total. The molecule has 0 saturated heterocycles. The molecule has 0 spiro atoms. The first-order chi connectivity index (χ1) is 3.41. The molecule has 0 radical (unpaired) electrons. The largest absolute Gasteiger partial charge is 0.466 e.